The predicted octanol–water partition coefficient (Wildman–Crippen LogP) is 7.52. The molecule has 0 radical (unpaired) electrons. The van der Waals surface area contributed by atoms with Crippen LogP contribution in [0.4, 0.5) is 22.1 Å². The Morgan fingerprint density at radius 1 is 0.756 bits per heavy atom. The average Bonchev–Trinajstić information content (AvgIpc) is 2.56. The van der Waals surface area contributed by atoms with E-state index in [1.165, 1.54) is 24.3 Å². The number of aliphatic hydroxyl groups excluding tert-OH is 1. The second-order valence-electron chi connectivity index (χ2n) is 19.1. The molecule has 18 nitrogen and oxygen atoms in total. The minimum absolute atomic E-state index is 0.0614. The highest BCUT2D eigenvalue weighted by Gasteiger charge is 2.76. The Morgan fingerprint density at radius 2 is 1.42 bits per heavy atom. The van der Waals surface area contributed by atoms with Gasteiger partial charge in [-0.3, -0.25) is 29.4 Å². The lowest BCUT2D eigenvalue weighted by atomic mass is 9.64. The number of methoxy groups -OCH3 is 1. The molecule has 0 unspecified atom stereocenters. The number of non-ortho nitro benzene ring substituents is 1. The van der Waals surface area contributed by atoms with Crippen LogP contribution in [0.3, 0.4) is 0 Å². The minimum Gasteiger partial charge on any atom is -0.497 e. The number of rotatable bonds is 12. The number of cyclic esters (lactones) is 1. The Kier molecular flexibility index (Phi) is 14.1. The molecule has 11 rings (SSSR count). The Labute approximate surface area is 448 Å². The Balaban J connectivity index is 1.15. The number of piperazine rings is 1. The summed E-state index contributed by atoms with van der Waals surface area (Å²) >= 11 is 0. The van der Waals surface area contributed by atoms with E-state index in [9.17, 15) is 15.2 Å². The molecule has 78 heavy (non-hydrogen) atoms. The molecule has 1 aromatic heterocycles. The zero-order valence-corrected chi connectivity index (χ0v) is 42.2. The zero-order chi connectivity index (χ0) is 53.9. The van der Waals surface area contributed by atoms with Crippen molar-refractivity contribution in [3.8, 4) is 23.3 Å². The molecule has 18 heteroatoms. The van der Waals surface area contributed by atoms with Crippen LogP contribution in [0.15, 0.2) is 170 Å². The summed E-state index contributed by atoms with van der Waals surface area (Å²) in [5, 5.41) is 21.4. The Bertz CT molecular complexity index is 3440. The molecule has 392 valence electrons. The molecule has 6 atom stereocenters. The fourth-order valence-electron chi connectivity index (χ4n) is 11.4. The fraction of sp³-hybridized carbons (Fsp3) is 0.233. The van der Waals surface area contributed by atoms with Crippen molar-refractivity contribution in [2.24, 2.45) is 5.92 Å². The first-order chi connectivity index (χ1) is 38.1. The van der Waals surface area contributed by atoms with Crippen LogP contribution < -0.4 is 19.3 Å². The smallest absolute Gasteiger partial charge is 0.421 e. The zero-order valence-electron chi connectivity index (χ0n) is 42.2. The largest absolute Gasteiger partial charge is 0.497 e. The number of amides is 3. The van der Waals surface area contributed by atoms with Crippen LogP contribution in [0, 0.1) is 27.9 Å². The quantitative estimate of drug-likeness (QED) is 0.0544. The maximum Gasteiger partial charge on any atom is 0.421 e. The lowest BCUT2D eigenvalue weighted by Crippen LogP contribution is -2.59. The molecule has 0 bridgehead atoms. The first kappa shape index (κ1) is 50.7. The number of aromatic nitrogens is 2. The van der Waals surface area contributed by atoms with Crippen molar-refractivity contribution >= 4 is 41.2 Å². The van der Waals surface area contributed by atoms with Gasteiger partial charge >= 0.3 is 12.1 Å². The standard InChI is InChI=1S/C60H51N7O11/c1-75-46-25-20-39(21-26-46)16-17-40-22-27-49-48(36-40)60(57(71)65(49)59(72)77-38-41-18-23-45(24-19-41)67(73)74)50(55(69)63-30-32-64(33-31-63)58-61-28-9-29-62-58)52-56(70)78-53(43-12-6-3-7-13-43)51(42-10-4-2-5-11-42)66(52)54(60)44-14-8-15-47(37-44)76-35-34-68/h2-15,18-29,36-37,50-54,68H,30-35,38H2,1H3/t50-,51-,52-,53+,54+,60-/m1/s1. The van der Waals surface area contributed by atoms with Gasteiger partial charge in [0.2, 0.25) is 17.8 Å². The van der Waals surface area contributed by atoms with Crippen LogP contribution in [0.2, 0.25) is 0 Å². The number of morpholine rings is 1. The second-order valence-corrected chi connectivity index (χ2v) is 19.1. The topological polar surface area (TPSA) is 207 Å². The van der Waals surface area contributed by atoms with Gasteiger partial charge in [-0.2, -0.15) is 0 Å². The van der Waals surface area contributed by atoms with Crippen LogP contribution in [0.25, 0.3) is 0 Å². The highest BCUT2D eigenvalue weighted by atomic mass is 16.6. The third-order valence-corrected chi connectivity index (χ3v) is 14.8. The molecule has 1 spiro atoms. The molecule has 7 aromatic rings. The van der Waals surface area contributed by atoms with Gasteiger partial charge in [0.25, 0.3) is 5.69 Å². The van der Waals surface area contributed by atoms with Gasteiger partial charge in [-0.25, -0.2) is 19.7 Å². The number of ether oxygens (including phenoxy) is 4. The SMILES string of the molecule is COc1ccc(C#Cc2ccc3c(c2)[C@]2(C(=O)N3C(=O)OCc3ccc([N+](=O)[O-])cc3)[C@H](c3cccc(OCCO)c3)N3[C@H](c4ccccc4)[C@H](c4ccccc4)OC(=O)[C@H]3[C@@H]2C(=O)N2CCN(c3ncccn3)CC2)cc1. The monoisotopic (exact) mass is 1050 g/mol. The molecular formula is C60H51N7O11. The maximum atomic E-state index is 16.9. The summed E-state index contributed by atoms with van der Waals surface area (Å²) in [6, 6.07) is 41.5. The van der Waals surface area contributed by atoms with E-state index in [0.29, 0.717) is 63.9 Å². The summed E-state index contributed by atoms with van der Waals surface area (Å²) < 4.78 is 24.1. The molecule has 1 N–H and O–H groups in total. The van der Waals surface area contributed by atoms with Crippen molar-refractivity contribution in [2.45, 2.75) is 36.3 Å². The second kappa shape index (κ2) is 21.7. The van der Waals surface area contributed by atoms with Gasteiger partial charge in [-0.1, -0.05) is 84.6 Å². The van der Waals surface area contributed by atoms with E-state index < -0.39 is 64.4 Å². The minimum atomic E-state index is -2.14. The van der Waals surface area contributed by atoms with Gasteiger partial charge in [-0.05, 0) is 101 Å². The van der Waals surface area contributed by atoms with Crippen molar-refractivity contribution in [3.05, 3.63) is 219 Å². The number of nitro groups is 1. The Hall–Kier alpha value is -9.44. The lowest BCUT2D eigenvalue weighted by Gasteiger charge is -2.46. The number of anilines is 2. The van der Waals surface area contributed by atoms with Gasteiger partial charge in [0.15, 0.2) is 0 Å². The van der Waals surface area contributed by atoms with Gasteiger partial charge in [0.1, 0.15) is 42.3 Å². The van der Waals surface area contributed by atoms with Crippen molar-refractivity contribution < 1.29 is 48.2 Å². The number of carbonyl (C=O) groups excluding carboxylic acids is 4. The molecule has 3 fully saturated rings. The number of benzene rings is 6. The number of hydrogen-bond donors (Lipinski definition) is 1. The number of fused-ring (bicyclic) bond motifs is 3. The van der Waals surface area contributed by atoms with E-state index in [1.807, 2.05) is 70.5 Å². The summed E-state index contributed by atoms with van der Waals surface area (Å²) in [7, 11) is 1.57. The number of nitro benzene ring substituents is 1. The van der Waals surface area contributed by atoms with E-state index in [1.54, 1.807) is 97.2 Å². The fourth-order valence-corrected chi connectivity index (χ4v) is 11.4. The van der Waals surface area contributed by atoms with Crippen LogP contribution in [-0.2, 0) is 35.9 Å². The molecule has 0 aliphatic carbocycles. The van der Waals surface area contributed by atoms with E-state index in [2.05, 4.69) is 21.8 Å². The molecule has 3 amide bonds. The van der Waals surface area contributed by atoms with Crippen molar-refractivity contribution in [2.75, 3.05) is 56.3 Å². The van der Waals surface area contributed by atoms with E-state index in [0.717, 1.165) is 4.90 Å². The highest BCUT2D eigenvalue weighted by Crippen LogP contribution is 2.66. The molecule has 5 heterocycles. The van der Waals surface area contributed by atoms with Crippen molar-refractivity contribution in [1.29, 1.82) is 0 Å². The molecule has 4 aliphatic heterocycles. The average molecular weight is 1050 g/mol. The first-order valence-electron chi connectivity index (χ1n) is 25.4. The third-order valence-electron chi connectivity index (χ3n) is 14.8. The van der Waals surface area contributed by atoms with Gasteiger partial charge in [0, 0.05) is 61.8 Å². The van der Waals surface area contributed by atoms with Gasteiger partial charge in [-0.15, -0.1) is 0 Å². The molecule has 3 saturated heterocycles. The predicted molar refractivity (Wildman–Crippen MR) is 284 cm³/mol. The number of carbonyl (C=O) groups is 4. The number of imide groups is 1. The number of esters is 1. The molecule has 0 saturated carbocycles. The summed E-state index contributed by atoms with van der Waals surface area (Å²) in [5.74, 6) is 4.20. The number of aliphatic hydroxyl groups is 1. The lowest BCUT2D eigenvalue weighted by molar-refractivity contribution is -0.384. The first-order valence-corrected chi connectivity index (χ1v) is 25.4. The van der Waals surface area contributed by atoms with E-state index in [4.69, 9.17) is 18.9 Å². The van der Waals surface area contributed by atoms with Crippen molar-refractivity contribution in [1.82, 2.24) is 19.8 Å². The summed E-state index contributed by atoms with van der Waals surface area (Å²) in [6.07, 6.45) is 1.21. The van der Waals surface area contributed by atoms with E-state index in [-0.39, 0.29) is 49.8 Å². The van der Waals surface area contributed by atoms with Gasteiger partial charge in [0.05, 0.1) is 42.3 Å². The normalized spacial score (nSPS) is 21.5. The number of nitrogens with zero attached hydrogens (tertiary/aromatic N) is 7. The maximum absolute atomic E-state index is 16.9. The molecule has 4 aliphatic rings. The van der Waals surface area contributed by atoms with Crippen LogP contribution in [0.1, 0.15) is 57.1 Å². The van der Waals surface area contributed by atoms with Gasteiger partial charge < -0.3 is 33.9 Å². The summed E-state index contributed by atoms with van der Waals surface area (Å²) in [6.45, 7) is 0.220. The highest BCUT2D eigenvalue weighted by molar-refractivity contribution is 6.23. The molecule has 6 aromatic carbocycles. The van der Waals surface area contributed by atoms with Crippen molar-refractivity contribution in [3.63, 3.8) is 0 Å². The summed E-state index contributed by atoms with van der Waals surface area (Å²) in [5.41, 5.74) is 1.32. The third kappa shape index (κ3) is 9.28. The number of hydrogen-bond acceptors (Lipinski definition) is 15. The van der Waals surface area contributed by atoms with E-state index >= 15 is 19.2 Å². The summed E-state index contributed by atoms with van der Waals surface area (Å²) in [4.78, 5) is 90.5. The Morgan fingerprint density at radius 3 is 2.10 bits per heavy atom. The van der Waals surface area contributed by atoms with Crippen LogP contribution in [0.5, 0.6) is 11.5 Å². The van der Waals surface area contributed by atoms with Crippen LogP contribution >= 0.6 is 0 Å². The molecular weight excluding hydrogens is 995 g/mol. The van der Waals surface area contributed by atoms with Crippen LogP contribution in [-0.4, -0.2) is 106 Å².